The Hall–Kier alpha value is -2.04. The van der Waals surface area contributed by atoms with Crippen LogP contribution >= 0.6 is 23.2 Å². The van der Waals surface area contributed by atoms with Crippen LogP contribution in [0.4, 0.5) is 0 Å². The second kappa shape index (κ2) is 5.99. The molecule has 0 unspecified atom stereocenters. The average molecular weight is 334 g/mol. The van der Waals surface area contributed by atoms with Crippen LogP contribution in [0.2, 0.25) is 10.0 Å². The fourth-order valence-electron chi connectivity index (χ4n) is 2.29. The molecule has 0 bridgehead atoms. The van der Waals surface area contributed by atoms with Crippen LogP contribution in [0.3, 0.4) is 0 Å². The first-order valence-corrected chi connectivity index (χ1v) is 7.47. The highest BCUT2D eigenvalue weighted by atomic mass is 35.5. The van der Waals surface area contributed by atoms with Gasteiger partial charge in [-0.1, -0.05) is 41.4 Å². The van der Waals surface area contributed by atoms with Gasteiger partial charge < -0.3 is 0 Å². The molecule has 0 fully saturated rings. The highest BCUT2D eigenvalue weighted by Crippen LogP contribution is 2.15. The third-order valence-electron chi connectivity index (χ3n) is 3.31. The van der Waals surface area contributed by atoms with E-state index in [1.807, 2.05) is 18.2 Å². The molecular formula is C16H13Cl2N3O. The van der Waals surface area contributed by atoms with E-state index >= 15 is 0 Å². The van der Waals surface area contributed by atoms with Gasteiger partial charge in [0.15, 0.2) is 0 Å². The molecule has 112 valence electrons. The monoisotopic (exact) mass is 333 g/mol. The maximum absolute atomic E-state index is 12.6. The second-order valence-corrected chi connectivity index (χ2v) is 5.80. The van der Waals surface area contributed by atoms with Crippen molar-refractivity contribution < 1.29 is 0 Å². The van der Waals surface area contributed by atoms with Crippen molar-refractivity contribution in [1.29, 1.82) is 0 Å². The van der Waals surface area contributed by atoms with E-state index in [0.717, 1.165) is 5.56 Å². The van der Waals surface area contributed by atoms with Gasteiger partial charge in [0.2, 0.25) is 0 Å². The molecule has 22 heavy (non-hydrogen) atoms. The second-order valence-electron chi connectivity index (χ2n) is 4.93. The standard InChI is InChI=1S/C16H13Cl2N3O/c1-11-19-20(10-12-5-7-13(17)8-6-12)16(22)21(11)15-4-2-3-14(18)9-15/h2-9H,10H2,1H3. The van der Waals surface area contributed by atoms with Crippen molar-refractivity contribution in [1.82, 2.24) is 14.3 Å². The molecule has 3 rings (SSSR count). The van der Waals surface area contributed by atoms with Gasteiger partial charge in [-0.25, -0.2) is 14.0 Å². The maximum atomic E-state index is 12.6. The minimum absolute atomic E-state index is 0.199. The van der Waals surface area contributed by atoms with Crippen molar-refractivity contribution in [3.63, 3.8) is 0 Å². The maximum Gasteiger partial charge on any atom is 0.350 e. The fraction of sp³-hybridized carbons (Fsp3) is 0.125. The smallest absolute Gasteiger partial charge is 0.247 e. The Labute approximate surface area is 137 Å². The van der Waals surface area contributed by atoms with Crippen LogP contribution in [0, 0.1) is 6.92 Å². The molecule has 0 N–H and O–H groups in total. The van der Waals surface area contributed by atoms with Gasteiger partial charge in [0.05, 0.1) is 12.2 Å². The van der Waals surface area contributed by atoms with Gasteiger partial charge in [0.1, 0.15) is 5.82 Å². The first kappa shape index (κ1) is 14.9. The van der Waals surface area contributed by atoms with Crippen LogP contribution in [-0.2, 0) is 6.54 Å². The molecule has 6 heteroatoms. The van der Waals surface area contributed by atoms with E-state index < -0.39 is 0 Å². The van der Waals surface area contributed by atoms with E-state index in [1.54, 1.807) is 41.8 Å². The van der Waals surface area contributed by atoms with E-state index in [2.05, 4.69) is 5.10 Å². The number of aryl methyl sites for hydroxylation is 1. The topological polar surface area (TPSA) is 39.8 Å². The largest absolute Gasteiger partial charge is 0.350 e. The predicted octanol–water partition coefficient (Wildman–Crippen LogP) is 3.70. The molecule has 0 radical (unpaired) electrons. The Morgan fingerprint density at radius 1 is 1.05 bits per heavy atom. The average Bonchev–Trinajstić information content (AvgIpc) is 2.76. The highest BCUT2D eigenvalue weighted by Gasteiger charge is 2.12. The lowest BCUT2D eigenvalue weighted by atomic mass is 10.2. The van der Waals surface area contributed by atoms with Crippen LogP contribution in [0.25, 0.3) is 5.69 Å². The Kier molecular flexibility index (Phi) is 4.05. The minimum atomic E-state index is -0.199. The third-order valence-corrected chi connectivity index (χ3v) is 3.80. The molecule has 4 nitrogen and oxygen atoms in total. The summed E-state index contributed by atoms with van der Waals surface area (Å²) in [5, 5.41) is 5.57. The third kappa shape index (κ3) is 2.93. The lowest BCUT2D eigenvalue weighted by Gasteiger charge is -2.03. The van der Waals surface area contributed by atoms with Crippen molar-refractivity contribution in [3.8, 4) is 5.69 Å². The molecule has 0 amide bonds. The summed E-state index contributed by atoms with van der Waals surface area (Å²) in [5.41, 5.74) is 1.47. The lowest BCUT2D eigenvalue weighted by molar-refractivity contribution is 0.651. The molecule has 1 heterocycles. The zero-order valence-corrected chi connectivity index (χ0v) is 13.3. The Morgan fingerprint density at radius 3 is 2.45 bits per heavy atom. The lowest BCUT2D eigenvalue weighted by Crippen LogP contribution is -2.24. The van der Waals surface area contributed by atoms with E-state index in [4.69, 9.17) is 23.2 Å². The number of hydrogen-bond acceptors (Lipinski definition) is 2. The van der Waals surface area contributed by atoms with Gasteiger partial charge in [-0.05, 0) is 42.8 Å². The fourth-order valence-corrected chi connectivity index (χ4v) is 2.60. The Morgan fingerprint density at radius 2 is 1.77 bits per heavy atom. The molecule has 0 aliphatic heterocycles. The van der Waals surface area contributed by atoms with E-state index in [-0.39, 0.29) is 5.69 Å². The van der Waals surface area contributed by atoms with Gasteiger partial charge in [-0.3, -0.25) is 0 Å². The summed E-state index contributed by atoms with van der Waals surface area (Å²) < 4.78 is 2.97. The zero-order chi connectivity index (χ0) is 15.7. The van der Waals surface area contributed by atoms with Gasteiger partial charge in [-0.2, -0.15) is 5.10 Å². The summed E-state index contributed by atoms with van der Waals surface area (Å²) in [5.74, 6) is 0.612. The summed E-state index contributed by atoms with van der Waals surface area (Å²) in [6, 6.07) is 14.5. The molecule has 0 saturated carbocycles. The Bertz CT molecular complexity index is 866. The van der Waals surface area contributed by atoms with Crippen molar-refractivity contribution >= 4 is 23.2 Å². The summed E-state index contributed by atoms with van der Waals surface area (Å²) in [7, 11) is 0. The van der Waals surface area contributed by atoms with E-state index in [0.29, 0.717) is 28.1 Å². The minimum Gasteiger partial charge on any atom is -0.247 e. The molecule has 0 saturated heterocycles. The molecular weight excluding hydrogens is 321 g/mol. The molecule has 0 atom stereocenters. The number of halogens is 2. The number of aromatic nitrogens is 3. The summed E-state index contributed by atoms with van der Waals surface area (Å²) in [4.78, 5) is 12.6. The number of benzene rings is 2. The molecule has 0 spiro atoms. The van der Waals surface area contributed by atoms with Crippen molar-refractivity contribution in [2.45, 2.75) is 13.5 Å². The normalized spacial score (nSPS) is 10.9. The van der Waals surface area contributed by atoms with Gasteiger partial charge in [0, 0.05) is 10.0 Å². The SMILES string of the molecule is Cc1nn(Cc2ccc(Cl)cc2)c(=O)n1-c1cccc(Cl)c1. The van der Waals surface area contributed by atoms with E-state index in [9.17, 15) is 4.79 Å². The van der Waals surface area contributed by atoms with Crippen molar-refractivity contribution in [2.75, 3.05) is 0 Å². The first-order valence-electron chi connectivity index (χ1n) is 6.71. The number of nitrogens with zero attached hydrogens (tertiary/aromatic N) is 3. The number of hydrogen-bond donors (Lipinski definition) is 0. The highest BCUT2D eigenvalue weighted by molar-refractivity contribution is 6.30. The quantitative estimate of drug-likeness (QED) is 0.733. The first-order chi connectivity index (χ1) is 10.5. The van der Waals surface area contributed by atoms with Crippen molar-refractivity contribution in [2.24, 2.45) is 0 Å². The van der Waals surface area contributed by atoms with Crippen LogP contribution in [0.5, 0.6) is 0 Å². The Balaban J connectivity index is 2.00. The van der Waals surface area contributed by atoms with Gasteiger partial charge >= 0.3 is 5.69 Å². The zero-order valence-electron chi connectivity index (χ0n) is 11.8. The molecule has 0 aliphatic carbocycles. The predicted molar refractivity (Wildman–Crippen MR) is 88.1 cm³/mol. The molecule has 0 aliphatic rings. The molecule has 2 aromatic carbocycles. The van der Waals surface area contributed by atoms with Crippen LogP contribution in [-0.4, -0.2) is 14.3 Å². The summed E-state index contributed by atoms with van der Waals surface area (Å²) in [6.07, 6.45) is 0. The van der Waals surface area contributed by atoms with Gasteiger partial charge in [-0.15, -0.1) is 0 Å². The molecule has 3 aromatic rings. The van der Waals surface area contributed by atoms with Crippen LogP contribution in [0.15, 0.2) is 53.3 Å². The molecule has 1 aromatic heterocycles. The van der Waals surface area contributed by atoms with Crippen LogP contribution in [0.1, 0.15) is 11.4 Å². The van der Waals surface area contributed by atoms with E-state index in [1.165, 1.54) is 4.68 Å². The summed E-state index contributed by atoms with van der Waals surface area (Å²) in [6.45, 7) is 2.19. The summed E-state index contributed by atoms with van der Waals surface area (Å²) >= 11 is 11.9. The van der Waals surface area contributed by atoms with Gasteiger partial charge in [0.25, 0.3) is 0 Å². The van der Waals surface area contributed by atoms with Crippen molar-refractivity contribution in [3.05, 3.63) is 80.4 Å². The number of rotatable bonds is 3. The van der Waals surface area contributed by atoms with Crippen LogP contribution < -0.4 is 5.69 Å².